The number of nitrogens with one attached hydrogen (secondary N) is 1. The minimum Gasteiger partial charge on any atom is -0.382 e. The zero-order valence-corrected chi connectivity index (χ0v) is 10.1. The Morgan fingerprint density at radius 3 is 2.56 bits per heavy atom. The van der Waals surface area contributed by atoms with Gasteiger partial charge in [-0.1, -0.05) is 6.07 Å². The summed E-state index contributed by atoms with van der Waals surface area (Å²) in [5.41, 5.74) is 1.52. The van der Waals surface area contributed by atoms with Crippen molar-refractivity contribution in [3.63, 3.8) is 0 Å². The zero-order valence-electron chi connectivity index (χ0n) is 8.48. The first-order chi connectivity index (χ1) is 7.30. The molecule has 0 saturated carbocycles. The number of halogens is 4. The standard InChI is InChI=1S/C10H11BrF3NO/c1-6-2-3-8(7(11)4-6)15-5-9(16)10(12,13)14/h2-4,9,15-16H,5H2,1H3. The van der Waals surface area contributed by atoms with E-state index in [4.69, 9.17) is 5.11 Å². The summed E-state index contributed by atoms with van der Waals surface area (Å²) in [5, 5.41) is 11.3. The van der Waals surface area contributed by atoms with E-state index in [1.54, 1.807) is 18.2 Å². The number of benzene rings is 1. The van der Waals surface area contributed by atoms with E-state index in [1.807, 2.05) is 6.92 Å². The van der Waals surface area contributed by atoms with Crippen molar-refractivity contribution in [1.29, 1.82) is 0 Å². The fourth-order valence-corrected chi connectivity index (χ4v) is 1.72. The third-order valence-corrected chi connectivity index (χ3v) is 2.64. The quantitative estimate of drug-likeness (QED) is 0.899. The van der Waals surface area contributed by atoms with Gasteiger partial charge in [0.15, 0.2) is 6.10 Å². The number of hydrogen-bond donors (Lipinski definition) is 2. The van der Waals surface area contributed by atoms with Crippen LogP contribution in [0.2, 0.25) is 0 Å². The summed E-state index contributed by atoms with van der Waals surface area (Å²) >= 11 is 3.22. The van der Waals surface area contributed by atoms with Gasteiger partial charge in [-0.15, -0.1) is 0 Å². The van der Waals surface area contributed by atoms with Crippen molar-refractivity contribution in [3.8, 4) is 0 Å². The normalized spacial score (nSPS) is 13.6. The zero-order chi connectivity index (χ0) is 12.3. The molecular weight excluding hydrogens is 287 g/mol. The Morgan fingerprint density at radius 2 is 2.06 bits per heavy atom. The number of rotatable bonds is 3. The summed E-state index contributed by atoms with van der Waals surface area (Å²) < 4.78 is 36.7. The van der Waals surface area contributed by atoms with Gasteiger partial charge in [-0.3, -0.25) is 0 Å². The van der Waals surface area contributed by atoms with E-state index in [0.29, 0.717) is 10.2 Å². The van der Waals surface area contributed by atoms with E-state index >= 15 is 0 Å². The lowest BCUT2D eigenvalue weighted by atomic mass is 10.2. The van der Waals surface area contributed by atoms with Gasteiger partial charge >= 0.3 is 6.18 Å². The highest BCUT2D eigenvalue weighted by molar-refractivity contribution is 9.10. The third kappa shape index (κ3) is 3.68. The summed E-state index contributed by atoms with van der Waals surface area (Å²) in [5.74, 6) is 0. The Bertz CT molecular complexity index is 368. The van der Waals surface area contributed by atoms with Gasteiger partial charge < -0.3 is 10.4 Å². The Kier molecular flexibility index (Phi) is 4.21. The Labute approximate surface area is 99.6 Å². The molecule has 1 aromatic carbocycles. The minimum atomic E-state index is -4.59. The summed E-state index contributed by atoms with van der Waals surface area (Å²) in [6.07, 6.45) is -6.95. The molecule has 2 N–H and O–H groups in total. The molecule has 0 aromatic heterocycles. The van der Waals surface area contributed by atoms with Gasteiger partial charge in [0.05, 0.1) is 0 Å². The van der Waals surface area contributed by atoms with Crippen molar-refractivity contribution in [2.24, 2.45) is 0 Å². The van der Waals surface area contributed by atoms with E-state index in [-0.39, 0.29) is 0 Å². The van der Waals surface area contributed by atoms with Crippen LogP contribution in [0, 0.1) is 6.92 Å². The van der Waals surface area contributed by atoms with Crippen LogP contribution in [0.3, 0.4) is 0 Å². The summed E-state index contributed by atoms with van der Waals surface area (Å²) in [7, 11) is 0. The summed E-state index contributed by atoms with van der Waals surface area (Å²) in [4.78, 5) is 0. The van der Waals surface area contributed by atoms with Gasteiger partial charge in [0.2, 0.25) is 0 Å². The van der Waals surface area contributed by atoms with Crippen LogP contribution >= 0.6 is 15.9 Å². The van der Waals surface area contributed by atoms with Crippen LogP contribution in [0.15, 0.2) is 22.7 Å². The van der Waals surface area contributed by atoms with Gasteiger partial charge in [0.25, 0.3) is 0 Å². The van der Waals surface area contributed by atoms with E-state index < -0.39 is 18.8 Å². The van der Waals surface area contributed by atoms with E-state index in [0.717, 1.165) is 5.56 Å². The number of alkyl halides is 3. The Balaban J connectivity index is 2.62. The molecule has 0 aliphatic carbocycles. The monoisotopic (exact) mass is 297 g/mol. The molecule has 6 heteroatoms. The SMILES string of the molecule is Cc1ccc(NCC(O)C(F)(F)F)c(Br)c1. The van der Waals surface area contributed by atoms with E-state index in [2.05, 4.69) is 21.2 Å². The molecule has 90 valence electrons. The summed E-state index contributed by atoms with van der Waals surface area (Å²) in [6.45, 7) is 1.31. The van der Waals surface area contributed by atoms with Crippen LogP contribution in [0.4, 0.5) is 18.9 Å². The molecule has 0 spiro atoms. The highest BCUT2D eigenvalue weighted by Crippen LogP contribution is 2.25. The molecule has 0 aliphatic heterocycles. The maximum Gasteiger partial charge on any atom is 0.416 e. The molecule has 1 unspecified atom stereocenters. The lowest BCUT2D eigenvalue weighted by Crippen LogP contribution is -2.35. The first-order valence-electron chi connectivity index (χ1n) is 4.55. The van der Waals surface area contributed by atoms with Crippen molar-refractivity contribution in [2.75, 3.05) is 11.9 Å². The number of hydrogen-bond acceptors (Lipinski definition) is 2. The predicted octanol–water partition coefficient (Wildman–Crippen LogP) is 3.09. The van der Waals surface area contributed by atoms with E-state index in [9.17, 15) is 13.2 Å². The van der Waals surface area contributed by atoms with Gasteiger partial charge in [0, 0.05) is 16.7 Å². The molecule has 2 nitrogen and oxygen atoms in total. The van der Waals surface area contributed by atoms with Crippen LogP contribution < -0.4 is 5.32 Å². The molecule has 0 heterocycles. The maximum atomic E-state index is 12.0. The number of aliphatic hydroxyl groups excluding tert-OH is 1. The van der Waals surface area contributed by atoms with Gasteiger partial charge in [-0.2, -0.15) is 13.2 Å². The third-order valence-electron chi connectivity index (χ3n) is 1.99. The van der Waals surface area contributed by atoms with Crippen molar-refractivity contribution in [1.82, 2.24) is 0 Å². The lowest BCUT2D eigenvalue weighted by molar-refractivity contribution is -0.198. The molecular formula is C10H11BrF3NO. The highest BCUT2D eigenvalue weighted by Gasteiger charge is 2.37. The van der Waals surface area contributed by atoms with Gasteiger partial charge in [-0.25, -0.2) is 0 Å². The molecule has 0 fully saturated rings. The van der Waals surface area contributed by atoms with Crippen molar-refractivity contribution in [2.45, 2.75) is 19.2 Å². The first-order valence-corrected chi connectivity index (χ1v) is 5.35. The summed E-state index contributed by atoms with van der Waals surface area (Å²) in [6, 6.07) is 5.21. The minimum absolute atomic E-state index is 0.522. The van der Waals surface area contributed by atoms with Crippen LogP contribution in [0.1, 0.15) is 5.56 Å². The Hall–Kier alpha value is -0.750. The molecule has 16 heavy (non-hydrogen) atoms. The second kappa shape index (κ2) is 5.05. The van der Waals surface area contributed by atoms with Gasteiger partial charge in [0.1, 0.15) is 0 Å². The molecule has 0 aliphatic rings. The number of aliphatic hydroxyl groups is 1. The second-order valence-corrected chi connectivity index (χ2v) is 4.28. The fourth-order valence-electron chi connectivity index (χ4n) is 1.09. The predicted molar refractivity (Wildman–Crippen MR) is 59.4 cm³/mol. The number of aryl methyl sites for hydroxylation is 1. The van der Waals surface area contributed by atoms with Gasteiger partial charge in [-0.05, 0) is 40.5 Å². The van der Waals surface area contributed by atoms with Crippen molar-refractivity contribution >= 4 is 21.6 Å². The fraction of sp³-hybridized carbons (Fsp3) is 0.400. The van der Waals surface area contributed by atoms with E-state index in [1.165, 1.54) is 0 Å². The van der Waals surface area contributed by atoms with Crippen molar-refractivity contribution < 1.29 is 18.3 Å². The lowest BCUT2D eigenvalue weighted by Gasteiger charge is -2.16. The molecule has 1 atom stereocenters. The topological polar surface area (TPSA) is 32.3 Å². The Morgan fingerprint density at radius 1 is 1.44 bits per heavy atom. The maximum absolute atomic E-state index is 12.0. The molecule has 1 aromatic rings. The van der Waals surface area contributed by atoms with Crippen LogP contribution in [-0.4, -0.2) is 23.9 Å². The average molecular weight is 298 g/mol. The largest absolute Gasteiger partial charge is 0.416 e. The second-order valence-electron chi connectivity index (χ2n) is 3.42. The number of anilines is 1. The molecule has 1 rings (SSSR count). The van der Waals surface area contributed by atoms with Crippen LogP contribution in [0.5, 0.6) is 0 Å². The molecule has 0 saturated heterocycles. The average Bonchev–Trinajstić information content (AvgIpc) is 2.14. The molecule has 0 bridgehead atoms. The molecule has 0 radical (unpaired) electrons. The smallest absolute Gasteiger partial charge is 0.382 e. The van der Waals surface area contributed by atoms with Crippen molar-refractivity contribution in [3.05, 3.63) is 28.2 Å². The first kappa shape index (κ1) is 13.3. The molecule has 0 amide bonds. The van der Waals surface area contributed by atoms with Crippen LogP contribution in [0.25, 0.3) is 0 Å². The van der Waals surface area contributed by atoms with Crippen LogP contribution in [-0.2, 0) is 0 Å². The highest BCUT2D eigenvalue weighted by atomic mass is 79.9.